The molecule has 0 radical (unpaired) electrons. The quantitative estimate of drug-likeness (QED) is 0.373. The van der Waals surface area contributed by atoms with E-state index in [0.29, 0.717) is 22.9 Å². The molecule has 1 N–H and O–H groups in total. The fourth-order valence-corrected chi connectivity index (χ4v) is 9.54. The summed E-state index contributed by atoms with van der Waals surface area (Å²) in [6.07, 6.45) is 13.2. The average molecular weight is 433 g/mol. The third-order valence-corrected chi connectivity index (χ3v) is 15.5. The molecule has 0 aliphatic heterocycles. The number of fused-ring (bicyclic) bond motifs is 5. The monoisotopic (exact) mass is 432 g/mol. The van der Waals surface area contributed by atoms with Gasteiger partial charge in [0.15, 0.2) is 8.32 Å². The number of hydrogen-bond acceptors (Lipinski definition) is 2. The molecule has 3 fully saturated rings. The summed E-state index contributed by atoms with van der Waals surface area (Å²) in [5.74, 6) is 3.00. The fourth-order valence-electron chi connectivity index (χ4n) is 8.15. The molecule has 0 aromatic heterocycles. The first-order valence-electron chi connectivity index (χ1n) is 12.8. The van der Waals surface area contributed by atoms with Gasteiger partial charge in [0, 0.05) is 6.10 Å². The van der Waals surface area contributed by atoms with Gasteiger partial charge in [-0.25, -0.2) is 0 Å². The normalized spacial score (nSPS) is 45.2. The third kappa shape index (κ3) is 3.50. The molecule has 0 bridgehead atoms. The second-order valence-electron chi connectivity index (χ2n) is 13.5. The van der Waals surface area contributed by atoms with E-state index in [4.69, 9.17) is 4.43 Å². The first-order chi connectivity index (χ1) is 13.8. The number of rotatable bonds is 3. The molecule has 30 heavy (non-hydrogen) atoms. The maximum Gasteiger partial charge on any atom is 0.192 e. The zero-order chi connectivity index (χ0) is 22.1. The Labute approximate surface area is 187 Å². The molecule has 0 aromatic carbocycles. The molecule has 0 aromatic rings. The number of allylic oxidation sites excluding steroid dienone is 1. The van der Waals surface area contributed by atoms with E-state index < -0.39 is 8.32 Å². The first-order valence-corrected chi connectivity index (χ1v) is 15.8. The second kappa shape index (κ2) is 7.45. The lowest BCUT2D eigenvalue weighted by molar-refractivity contribution is -0.0669. The Kier molecular flexibility index (Phi) is 5.73. The van der Waals surface area contributed by atoms with Crippen molar-refractivity contribution in [3.63, 3.8) is 0 Å². The molecular weight excluding hydrogens is 384 g/mol. The molecule has 4 aliphatic rings. The molecule has 0 saturated heterocycles. The summed E-state index contributed by atoms with van der Waals surface area (Å²) in [6.45, 7) is 19.0. The molecule has 172 valence electrons. The Morgan fingerprint density at radius 1 is 1.07 bits per heavy atom. The van der Waals surface area contributed by atoms with Gasteiger partial charge in [-0.1, -0.05) is 46.3 Å². The highest BCUT2D eigenvalue weighted by Crippen LogP contribution is 2.66. The van der Waals surface area contributed by atoms with Gasteiger partial charge >= 0.3 is 0 Å². The standard InChI is InChI=1S/C27H48O2Si/c1-18(28)22-11-12-23-21-10-9-19-17-20(29-30(7,8)25(2,3)4)13-15-26(19,5)24(21)14-16-27(22,23)6/h9,18,20-24,28H,10-17H2,1-8H3/t18-,20+,21+,22-,23+,24+,26+,27-/m1/s1. The second-order valence-corrected chi connectivity index (χ2v) is 18.2. The molecule has 4 aliphatic carbocycles. The van der Waals surface area contributed by atoms with Crippen molar-refractivity contribution in [2.75, 3.05) is 0 Å². The Bertz CT molecular complexity index is 689. The van der Waals surface area contributed by atoms with E-state index in [0.717, 1.165) is 17.8 Å². The van der Waals surface area contributed by atoms with Crippen molar-refractivity contribution in [3.05, 3.63) is 11.6 Å². The van der Waals surface area contributed by atoms with E-state index in [1.54, 1.807) is 5.57 Å². The lowest BCUT2D eigenvalue weighted by atomic mass is 9.47. The van der Waals surface area contributed by atoms with Gasteiger partial charge in [0.1, 0.15) is 0 Å². The minimum atomic E-state index is -1.70. The Morgan fingerprint density at radius 2 is 1.77 bits per heavy atom. The number of aliphatic hydroxyl groups is 1. The average Bonchev–Trinajstić information content (AvgIpc) is 2.98. The SMILES string of the molecule is C[C@@H](O)[C@H]1CC[C@H]2[C@@H]3CC=C4C[C@@H](O[Si](C)(C)C(C)(C)C)CC[C@]4(C)[C@H]3CC[C@]12C. The Balaban J connectivity index is 1.53. The lowest BCUT2D eigenvalue weighted by Gasteiger charge is -2.58. The van der Waals surface area contributed by atoms with Crippen molar-refractivity contribution in [3.8, 4) is 0 Å². The largest absolute Gasteiger partial charge is 0.414 e. The molecular formula is C27H48O2Si. The summed E-state index contributed by atoms with van der Waals surface area (Å²) in [7, 11) is -1.70. The van der Waals surface area contributed by atoms with E-state index in [-0.39, 0.29) is 11.1 Å². The van der Waals surface area contributed by atoms with Crippen molar-refractivity contribution in [2.45, 2.75) is 123 Å². The van der Waals surface area contributed by atoms with E-state index in [1.165, 1.54) is 51.4 Å². The molecule has 2 nitrogen and oxygen atoms in total. The summed E-state index contributed by atoms with van der Waals surface area (Å²) in [5, 5.41) is 10.7. The lowest BCUT2D eigenvalue weighted by Crippen LogP contribution is -2.52. The topological polar surface area (TPSA) is 29.5 Å². The minimum absolute atomic E-state index is 0.148. The van der Waals surface area contributed by atoms with Crippen LogP contribution in [0.2, 0.25) is 18.1 Å². The maximum atomic E-state index is 10.4. The van der Waals surface area contributed by atoms with Crippen LogP contribution in [0.15, 0.2) is 11.6 Å². The molecule has 4 rings (SSSR count). The molecule has 3 saturated carbocycles. The Hall–Kier alpha value is -0.123. The van der Waals surface area contributed by atoms with Gasteiger partial charge in [-0.2, -0.15) is 0 Å². The number of aliphatic hydroxyl groups excluding tert-OH is 1. The van der Waals surface area contributed by atoms with Gasteiger partial charge in [-0.3, -0.25) is 0 Å². The molecule has 3 heteroatoms. The van der Waals surface area contributed by atoms with Crippen LogP contribution < -0.4 is 0 Å². The van der Waals surface area contributed by atoms with Crippen LogP contribution >= 0.6 is 0 Å². The van der Waals surface area contributed by atoms with Crippen LogP contribution in [-0.4, -0.2) is 25.6 Å². The van der Waals surface area contributed by atoms with Gasteiger partial charge in [0.25, 0.3) is 0 Å². The predicted molar refractivity (Wildman–Crippen MR) is 129 cm³/mol. The van der Waals surface area contributed by atoms with Crippen LogP contribution in [0.5, 0.6) is 0 Å². The molecule has 0 heterocycles. The first kappa shape index (κ1) is 23.0. The molecule has 0 spiro atoms. The highest BCUT2D eigenvalue weighted by molar-refractivity contribution is 6.74. The van der Waals surface area contributed by atoms with Crippen LogP contribution in [0, 0.1) is 34.5 Å². The van der Waals surface area contributed by atoms with Crippen LogP contribution in [0.3, 0.4) is 0 Å². The van der Waals surface area contributed by atoms with E-state index in [2.05, 4.69) is 53.8 Å². The van der Waals surface area contributed by atoms with Crippen molar-refractivity contribution in [2.24, 2.45) is 34.5 Å². The van der Waals surface area contributed by atoms with Crippen LogP contribution in [-0.2, 0) is 4.43 Å². The van der Waals surface area contributed by atoms with E-state index >= 15 is 0 Å². The third-order valence-electron chi connectivity index (χ3n) is 11.0. The molecule has 0 amide bonds. The van der Waals surface area contributed by atoms with Crippen molar-refractivity contribution >= 4 is 8.32 Å². The molecule has 0 unspecified atom stereocenters. The Morgan fingerprint density at radius 3 is 2.40 bits per heavy atom. The van der Waals surface area contributed by atoms with Crippen molar-refractivity contribution in [1.29, 1.82) is 0 Å². The zero-order valence-corrected chi connectivity index (χ0v) is 22.1. The highest BCUT2D eigenvalue weighted by Gasteiger charge is 2.59. The zero-order valence-electron chi connectivity index (χ0n) is 21.1. The van der Waals surface area contributed by atoms with Crippen LogP contribution in [0.25, 0.3) is 0 Å². The van der Waals surface area contributed by atoms with Crippen LogP contribution in [0.4, 0.5) is 0 Å². The van der Waals surface area contributed by atoms with Gasteiger partial charge in [-0.05, 0) is 111 Å². The van der Waals surface area contributed by atoms with Gasteiger partial charge in [0.2, 0.25) is 0 Å². The predicted octanol–water partition coefficient (Wildman–Crippen LogP) is 7.34. The maximum absolute atomic E-state index is 10.4. The minimum Gasteiger partial charge on any atom is -0.414 e. The summed E-state index contributed by atoms with van der Waals surface area (Å²) in [4.78, 5) is 0. The highest BCUT2D eigenvalue weighted by atomic mass is 28.4. The van der Waals surface area contributed by atoms with Gasteiger partial charge < -0.3 is 9.53 Å². The van der Waals surface area contributed by atoms with E-state index in [9.17, 15) is 5.11 Å². The summed E-state index contributed by atoms with van der Waals surface area (Å²) in [5.41, 5.74) is 2.48. The van der Waals surface area contributed by atoms with Crippen molar-refractivity contribution < 1.29 is 9.53 Å². The van der Waals surface area contributed by atoms with Gasteiger partial charge in [0.05, 0.1) is 6.10 Å². The fraction of sp³-hybridized carbons (Fsp3) is 0.926. The number of hydrogen-bond donors (Lipinski definition) is 1. The summed E-state index contributed by atoms with van der Waals surface area (Å²) in [6, 6.07) is 0. The summed E-state index contributed by atoms with van der Waals surface area (Å²) >= 11 is 0. The summed E-state index contributed by atoms with van der Waals surface area (Å²) < 4.78 is 6.87. The van der Waals surface area contributed by atoms with Crippen molar-refractivity contribution in [1.82, 2.24) is 0 Å². The van der Waals surface area contributed by atoms with E-state index in [1.807, 2.05) is 6.92 Å². The van der Waals surface area contributed by atoms with Crippen LogP contribution in [0.1, 0.15) is 92.9 Å². The molecule has 8 atom stereocenters. The van der Waals surface area contributed by atoms with Gasteiger partial charge in [-0.15, -0.1) is 0 Å². The smallest absolute Gasteiger partial charge is 0.192 e.